The highest BCUT2D eigenvalue weighted by Gasteiger charge is 2.41. The van der Waals surface area contributed by atoms with Crippen molar-refractivity contribution in [3.05, 3.63) is 28.2 Å². The molecular formula is C13H15BrO3. The standard InChI is InChI=1S/C13H15BrO3/c1-9-7-10(3-4-11(9)14)17-13(5-2-6-13)8-12(15)16/h3-4,7H,2,5-6,8H2,1H3,(H,15,16). The van der Waals surface area contributed by atoms with E-state index in [0.29, 0.717) is 0 Å². The normalized spacial score (nSPS) is 17.3. The summed E-state index contributed by atoms with van der Waals surface area (Å²) in [6, 6.07) is 5.74. The van der Waals surface area contributed by atoms with Crippen LogP contribution >= 0.6 is 15.9 Å². The highest BCUT2D eigenvalue weighted by atomic mass is 79.9. The quantitative estimate of drug-likeness (QED) is 0.925. The topological polar surface area (TPSA) is 46.5 Å². The molecule has 0 amide bonds. The van der Waals surface area contributed by atoms with Gasteiger partial charge in [0.1, 0.15) is 11.4 Å². The Bertz CT molecular complexity index is 438. The second-order valence-corrected chi connectivity index (χ2v) is 5.47. The van der Waals surface area contributed by atoms with Crippen molar-refractivity contribution in [2.24, 2.45) is 0 Å². The van der Waals surface area contributed by atoms with E-state index in [0.717, 1.165) is 35.0 Å². The van der Waals surface area contributed by atoms with Gasteiger partial charge in [-0.1, -0.05) is 15.9 Å². The summed E-state index contributed by atoms with van der Waals surface area (Å²) in [5.74, 6) is -0.0369. The molecule has 1 aromatic rings. The summed E-state index contributed by atoms with van der Waals surface area (Å²) in [6.45, 7) is 1.99. The van der Waals surface area contributed by atoms with Crippen LogP contribution in [-0.4, -0.2) is 16.7 Å². The molecule has 0 radical (unpaired) electrons. The minimum atomic E-state index is -0.793. The number of hydrogen-bond donors (Lipinski definition) is 1. The Morgan fingerprint density at radius 3 is 2.71 bits per heavy atom. The third-order valence-corrected chi connectivity index (χ3v) is 4.09. The van der Waals surface area contributed by atoms with E-state index >= 15 is 0 Å². The molecule has 1 N–H and O–H groups in total. The number of carbonyl (C=O) groups is 1. The predicted octanol–water partition coefficient (Wildman–Crippen LogP) is 3.53. The van der Waals surface area contributed by atoms with Gasteiger partial charge in [0.15, 0.2) is 0 Å². The van der Waals surface area contributed by atoms with E-state index in [2.05, 4.69) is 15.9 Å². The molecule has 1 aliphatic rings. The molecule has 1 fully saturated rings. The van der Waals surface area contributed by atoms with Gasteiger partial charge in [-0.25, -0.2) is 0 Å². The largest absolute Gasteiger partial charge is 0.487 e. The highest BCUT2D eigenvalue weighted by molar-refractivity contribution is 9.10. The minimum Gasteiger partial charge on any atom is -0.487 e. The van der Waals surface area contributed by atoms with Crippen molar-refractivity contribution in [3.8, 4) is 5.75 Å². The summed E-state index contributed by atoms with van der Waals surface area (Å²) in [4.78, 5) is 10.8. The molecule has 0 aliphatic heterocycles. The SMILES string of the molecule is Cc1cc(OC2(CC(=O)O)CCC2)ccc1Br. The molecule has 1 aliphatic carbocycles. The summed E-state index contributed by atoms with van der Waals surface area (Å²) in [6.07, 6.45) is 2.79. The lowest BCUT2D eigenvalue weighted by Gasteiger charge is -2.40. The molecule has 4 heteroatoms. The van der Waals surface area contributed by atoms with Crippen LogP contribution in [0.4, 0.5) is 0 Å². The summed E-state index contributed by atoms with van der Waals surface area (Å²) in [5.41, 5.74) is 0.610. The van der Waals surface area contributed by atoms with Gasteiger partial charge < -0.3 is 9.84 Å². The number of rotatable bonds is 4. The van der Waals surface area contributed by atoms with Crippen molar-refractivity contribution in [2.75, 3.05) is 0 Å². The maximum atomic E-state index is 10.8. The maximum absolute atomic E-state index is 10.8. The Morgan fingerprint density at radius 2 is 2.24 bits per heavy atom. The zero-order chi connectivity index (χ0) is 12.5. The number of hydrogen-bond acceptors (Lipinski definition) is 2. The van der Waals surface area contributed by atoms with E-state index < -0.39 is 11.6 Å². The molecule has 17 heavy (non-hydrogen) atoms. The van der Waals surface area contributed by atoms with Gasteiger partial charge >= 0.3 is 5.97 Å². The van der Waals surface area contributed by atoms with Crippen LogP contribution in [0.15, 0.2) is 22.7 Å². The Hall–Kier alpha value is -1.03. The highest BCUT2D eigenvalue weighted by Crippen LogP contribution is 2.39. The predicted molar refractivity (Wildman–Crippen MR) is 68.3 cm³/mol. The number of aliphatic carboxylic acids is 1. The Morgan fingerprint density at radius 1 is 1.53 bits per heavy atom. The second-order valence-electron chi connectivity index (χ2n) is 4.62. The van der Waals surface area contributed by atoms with Crippen LogP contribution in [0.5, 0.6) is 5.75 Å². The van der Waals surface area contributed by atoms with Gasteiger partial charge in [0.25, 0.3) is 0 Å². The number of aryl methyl sites for hydroxylation is 1. The Kier molecular flexibility index (Phi) is 3.43. The van der Waals surface area contributed by atoms with Crippen LogP contribution in [0.2, 0.25) is 0 Å². The molecule has 0 unspecified atom stereocenters. The fraction of sp³-hybridized carbons (Fsp3) is 0.462. The first-order valence-electron chi connectivity index (χ1n) is 5.68. The molecule has 0 atom stereocenters. The van der Waals surface area contributed by atoms with Gasteiger partial charge in [-0.2, -0.15) is 0 Å². The second kappa shape index (κ2) is 4.69. The average molecular weight is 299 g/mol. The lowest BCUT2D eigenvalue weighted by Crippen LogP contribution is -2.45. The molecular weight excluding hydrogens is 284 g/mol. The fourth-order valence-corrected chi connectivity index (χ4v) is 2.34. The number of benzene rings is 1. The van der Waals surface area contributed by atoms with E-state index in [1.165, 1.54) is 0 Å². The van der Waals surface area contributed by atoms with E-state index in [4.69, 9.17) is 9.84 Å². The third-order valence-electron chi connectivity index (χ3n) is 3.20. The monoisotopic (exact) mass is 298 g/mol. The van der Waals surface area contributed by atoms with Crippen molar-refractivity contribution in [1.29, 1.82) is 0 Å². The van der Waals surface area contributed by atoms with Crippen LogP contribution in [0.1, 0.15) is 31.2 Å². The maximum Gasteiger partial charge on any atom is 0.307 e. The third kappa shape index (κ3) is 2.80. The van der Waals surface area contributed by atoms with Gasteiger partial charge in [0.05, 0.1) is 6.42 Å². The molecule has 1 aromatic carbocycles. The summed E-state index contributed by atoms with van der Waals surface area (Å²) in [5, 5.41) is 8.90. The van der Waals surface area contributed by atoms with Gasteiger partial charge in [-0.05, 0) is 49.9 Å². The lowest BCUT2D eigenvalue weighted by atomic mass is 9.77. The van der Waals surface area contributed by atoms with E-state index in [1.54, 1.807) is 0 Å². The van der Waals surface area contributed by atoms with E-state index in [-0.39, 0.29) is 6.42 Å². The molecule has 0 saturated heterocycles. The van der Waals surface area contributed by atoms with Gasteiger partial charge in [0, 0.05) is 4.47 Å². The molecule has 0 bridgehead atoms. The zero-order valence-electron chi connectivity index (χ0n) is 9.70. The van der Waals surface area contributed by atoms with Crippen molar-refractivity contribution >= 4 is 21.9 Å². The summed E-state index contributed by atoms with van der Waals surface area (Å²) < 4.78 is 6.92. The molecule has 0 aromatic heterocycles. The first-order chi connectivity index (χ1) is 8.01. The van der Waals surface area contributed by atoms with E-state index in [1.807, 2.05) is 25.1 Å². The molecule has 1 saturated carbocycles. The van der Waals surface area contributed by atoms with Crippen LogP contribution in [-0.2, 0) is 4.79 Å². The molecule has 92 valence electrons. The van der Waals surface area contributed by atoms with Gasteiger partial charge in [-0.15, -0.1) is 0 Å². The van der Waals surface area contributed by atoms with Crippen LogP contribution in [0.3, 0.4) is 0 Å². The molecule has 2 rings (SSSR count). The Labute approximate surface area is 109 Å². The van der Waals surface area contributed by atoms with Crippen molar-refractivity contribution in [1.82, 2.24) is 0 Å². The smallest absolute Gasteiger partial charge is 0.307 e. The Balaban J connectivity index is 2.13. The number of ether oxygens (including phenoxy) is 1. The molecule has 0 heterocycles. The number of carboxylic acid groups (broad SMARTS) is 1. The average Bonchev–Trinajstić information content (AvgIpc) is 2.19. The van der Waals surface area contributed by atoms with Crippen LogP contribution in [0.25, 0.3) is 0 Å². The molecule has 3 nitrogen and oxygen atoms in total. The van der Waals surface area contributed by atoms with Gasteiger partial charge in [0.2, 0.25) is 0 Å². The van der Waals surface area contributed by atoms with Crippen molar-refractivity contribution < 1.29 is 14.6 Å². The van der Waals surface area contributed by atoms with E-state index in [9.17, 15) is 4.79 Å². The fourth-order valence-electron chi connectivity index (χ4n) is 2.09. The lowest BCUT2D eigenvalue weighted by molar-refractivity contribution is -0.144. The van der Waals surface area contributed by atoms with Crippen molar-refractivity contribution in [2.45, 2.75) is 38.2 Å². The van der Waals surface area contributed by atoms with Gasteiger partial charge in [-0.3, -0.25) is 4.79 Å². The summed E-state index contributed by atoms with van der Waals surface area (Å²) >= 11 is 3.43. The zero-order valence-corrected chi connectivity index (χ0v) is 11.3. The first-order valence-corrected chi connectivity index (χ1v) is 6.47. The van der Waals surface area contributed by atoms with Crippen LogP contribution in [0, 0.1) is 6.92 Å². The van der Waals surface area contributed by atoms with Crippen molar-refractivity contribution in [3.63, 3.8) is 0 Å². The number of carboxylic acids is 1. The first kappa shape index (κ1) is 12.4. The van der Waals surface area contributed by atoms with Crippen LogP contribution < -0.4 is 4.74 Å². The minimum absolute atomic E-state index is 0.0854. The summed E-state index contributed by atoms with van der Waals surface area (Å²) in [7, 11) is 0. The molecule has 0 spiro atoms. The number of halogens is 1.